The van der Waals surface area contributed by atoms with Gasteiger partial charge in [0.25, 0.3) is 0 Å². The molecule has 2 aliphatic rings. The number of nitrogens with one attached hydrogen (secondary N) is 2. The van der Waals surface area contributed by atoms with Gasteiger partial charge in [0.15, 0.2) is 11.4 Å². The van der Waals surface area contributed by atoms with Crippen LogP contribution in [0.5, 0.6) is 0 Å². The fraction of sp³-hybridized carbons (Fsp3) is 0.227. The summed E-state index contributed by atoms with van der Waals surface area (Å²) >= 11 is 0. The Morgan fingerprint density at radius 2 is 2.00 bits per heavy atom. The number of benzene rings is 2. The molecule has 30 heavy (non-hydrogen) atoms. The maximum absolute atomic E-state index is 12.8. The number of anilines is 2. The van der Waals surface area contributed by atoms with E-state index in [-0.39, 0.29) is 12.2 Å². The predicted octanol–water partition coefficient (Wildman–Crippen LogP) is 2.15. The Bertz CT molecular complexity index is 1060. The molecule has 2 heterocycles. The molecule has 0 atom stereocenters. The number of hydrogen-bond acceptors (Lipinski definition) is 8. The molecule has 0 spiro atoms. The minimum Gasteiger partial charge on any atom is -0.457 e. The number of nitrogens with zero attached hydrogens (tertiary/aromatic N) is 3. The molecule has 0 bridgehead atoms. The number of amidine groups is 1. The highest BCUT2D eigenvalue weighted by molar-refractivity contribution is 6.12. The van der Waals surface area contributed by atoms with Gasteiger partial charge >= 0.3 is 5.97 Å². The van der Waals surface area contributed by atoms with E-state index in [1.54, 1.807) is 18.2 Å². The van der Waals surface area contributed by atoms with E-state index in [0.717, 1.165) is 43.1 Å². The number of nitrogen functional groups attached to an aromatic ring is 1. The average Bonchev–Trinajstić information content (AvgIpc) is 2.78. The van der Waals surface area contributed by atoms with Crippen molar-refractivity contribution >= 4 is 28.9 Å². The molecule has 0 aliphatic carbocycles. The molecule has 0 unspecified atom stereocenters. The van der Waals surface area contributed by atoms with E-state index in [4.69, 9.17) is 15.5 Å². The Hall–Kier alpha value is -3.83. The van der Waals surface area contributed by atoms with E-state index in [9.17, 15) is 10.1 Å². The number of ether oxygens (including phenoxy) is 1. The summed E-state index contributed by atoms with van der Waals surface area (Å²) in [5.74, 6) is -0.128. The quantitative estimate of drug-likeness (QED) is 0.312. The van der Waals surface area contributed by atoms with Gasteiger partial charge in [-0.05, 0) is 29.8 Å². The second-order valence-corrected chi connectivity index (χ2v) is 7.00. The number of aliphatic imine (C=N–C) groups is 1. The monoisotopic (exact) mass is 402 g/mol. The topological polar surface area (TPSA) is 116 Å². The van der Waals surface area contributed by atoms with Gasteiger partial charge in [-0.3, -0.25) is 0 Å². The fourth-order valence-electron chi connectivity index (χ4n) is 3.42. The lowest BCUT2D eigenvalue weighted by molar-refractivity contribution is -0.139. The number of fused-ring (bicyclic) bond motifs is 1. The maximum Gasteiger partial charge on any atom is 0.351 e. The molecule has 0 radical (unpaired) electrons. The Labute approximate surface area is 174 Å². The van der Waals surface area contributed by atoms with Crippen molar-refractivity contribution in [3.8, 4) is 6.07 Å². The molecule has 2 aromatic carbocycles. The number of hydrogen-bond donors (Lipinski definition) is 3. The third-order valence-electron chi connectivity index (χ3n) is 4.92. The van der Waals surface area contributed by atoms with Crippen molar-refractivity contribution < 1.29 is 9.53 Å². The first-order chi connectivity index (χ1) is 14.7. The van der Waals surface area contributed by atoms with Gasteiger partial charge < -0.3 is 26.0 Å². The van der Waals surface area contributed by atoms with Crippen LogP contribution < -0.4 is 16.4 Å². The molecular weight excluding hydrogens is 380 g/mol. The van der Waals surface area contributed by atoms with Crippen LogP contribution in [-0.2, 0) is 16.1 Å². The normalized spacial score (nSPS) is 17.2. The number of esters is 1. The number of carbonyl (C=O) groups is 1. The van der Waals surface area contributed by atoms with E-state index in [2.05, 4.69) is 15.5 Å². The SMILES string of the molecule is N#C/C(C(=O)OCc1cccc(N)c1)=C1/Nc2ccccc2N=C1N1CCNCC1. The molecule has 1 fully saturated rings. The molecular formula is C22H22N6O2. The van der Waals surface area contributed by atoms with Gasteiger partial charge in [-0.15, -0.1) is 0 Å². The second kappa shape index (κ2) is 8.68. The van der Waals surface area contributed by atoms with Gasteiger partial charge in [0.1, 0.15) is 18.4 Å². The number of nitriles is 1. The molecule has 2 aliphatic heterocycles. The molecule has 0 saturated carbocycles. The van der Waals surface area contributed by atoms with Gasteiger partial charge in [-0.2, -0.15) is 5.26 Å². The highest BCUT2D eigenvalue weighted by atomic mass is 16.5. The molecule has 4 N–H and O–H groups in total. The van der Waals surface area contributed by atoms with Gasteiger partial charge in [-0.25, -0.2) is 9.79 Å². The van der Waals surface area contributed by atoms with Crippen LogP contribution >= 0.6 is 0 Å². The number of nitrogens with two attached hydrogens (primary N) is 1. The van der Waals surface area contributed by atoms with Gasteiger partial charge in [-0.1, -0.05) is 24.3 Å². The van der Waals surface area contributed by atoms with E-state index >= 15 is 0 Å². The van der Waals surface area contributed by atoms with Crippen molar-refractivity contribution in [1.82, 2.24) is 10.2 Å². The number of piperazine rings is 1. The van der Waals surface area contributed by atoms with Crippen molar-refractivity contribution in [2.24, 2.45) is 4.99 Å². The van der Waals surface area contributed by atoms with Crippen molar-refractivity contribution in [3.05, 3.63) is 65.4 Å². The first kappa shape index (κ1) is 19.5. The van der Waals surface area contributed by atoms with Crippen LogP contribution in [0.1, 0.15) is 5.56 Å². The minimum absolute atomic E-state index is 0.0268. The summed E-state index contributed by atoms with van der Waals surface area (Å²) in [5.41, 5.74) is 8.88. The first-order valence-electron chi connectivity index (χ1n) is 9.72. The van der Waals surface area contributed by atoms with Crippen LogP contribution in [0.4, 0.5) is 17.1 Å². The number of para-hydroxylation sites is 2. The van der Waals surface area contributed by atoms with Crippen LogP contribution in [0.3, 0.4) is 0 Å². The van der Waals surface area contributed by atoms with Crippen LogP contribution in [0, 0.1) is 11.3 Å². The van der Waals surface area contributed by atoms with Crippen molar-refractivity contribution in [1.29, 1.82) is 5.26 Å². The van der Waals surface area contributed by atoms with Crippen LogP contribution in [0.25, 0.3) is 0 Å². The largest absolute Gasteiger partial charge is 0.457 e. The smallest absolute Gasteiger partial charge is 0.351 e. The first-order valence-corrected chi connectivity index (χ1v) is 9.72. The molecule has 0 amide bonds. The highest BCUT2D eigenvalue weighted by Gasteiger charge is 2.29. The zero-order valence-corrected chi connectivity index (χ0v) is 16.4. The Morgan fingerprint density at radius 1 is 1.20 bits per heavy atom. The zero-order chi connectivity index (χ0) is 20.9. The molecule has 152 valence electrons. The standard InChI is InChI=1S/C22H22N6O2/c23-13-17(22(29)30-14-15-4-3-5-16(24)12-15)20-21(28-10-8-25-9-11-28)27-19-7-2-1-6-18(19)26-20/h1-7,12,25-26H,8-11,14,24H2/b20-17-. The third kappa shape index (κ3) is 4.11. The summed E-state index contributed by atoms with van der Waals surface area (Å²) in [7, 11) is 0. The molecule has 8 nitrogen and oxygen atoms in total. The van der Waals surface area contributed by atoms with Gasteiger partial charge in [0, 0.05) is 31.9 Å². The molecule has 2 aromatic rings. The summed E-state index contributed by atoms with van der Waals surface area (Å²) < 4.78 is 5.41. The second-order valence-electron chi connectivity index (χ2n) is 7.00. The third-order valence-corrected chi connectivity index (χ3v) is 4.92. The van der Waals surface area contributed by atoms with Crippen molar-refractivity contribution in [2.75, 3.05) is 37.2 Å². The lowest BCUT2D eigenvalue weighted by Gasteiger charge is -2.34. The van der Waals surface area contributed by atoms with Crippen molar-refractivity contribution in [2.45, 2.75) is 6.61 Å². The fourth-order valence-corrected chi connectivity index (χ4v) is 3.42. The predicted molar refractivity (Wildman–Crippen MR) is 115 cm³/mol. The highest BCUT2D eigenvalue weighted by Crippen LogP contribution is 2.32. The Balaban J connectivity index is 1.66. The Kier molecular flexibility index (Phi) is 5.63. The Morgan fingerprint density at radius 3 is 2.77 bits per heavy atom. The minimum atomic E-state index is -0.704. The summed E-state index contributed by atoms with van der Waals surface area (Å²) in [6, 6.07) is 16.6. The van der Waals surface area contributed by atoms with E-state index in [0.29, 0.717) is 17.2 Å². The van der Waals surface area contributed by atoms with E-state index in [1.165, 1.54) is 0 Å². The average molecular weight is 402 g/mol. The molecule has 8 heteroatoms. The molecule has 4 rings (SSSR count). The maximum atomic E-state index is 12.8. The van der Waals surface area contributed by atoms with Gasteiger partial charge in [0.05, 0.1) is 11.4 Å². The summed E-state index contributed by atoms with van der Waals surface area (Å²) in [4.78, 5) is 19.6. The number of carbonyl (C=O) groups excluding carboxylic acids is 1. The molecule has 0 aromatic heterocycles. The lowest BCUT2D eigenvalue weighted by atomic mass is 10.1. The van der Waals surface area contributed by atoms with E-state index < -0.39 is 5.97 Å². The van der Waals surface area contributed by atoms with Gasteiger partial charge in [0.2, 0.25) is 0 Å². The molecule has 1 saturated heterocycles. The van der Waals surface area contributed by atoms with Crippen LogP contribution in [-0.4, -0.2) is 42.9 Å². The summed E-state index contributed by atoms with van der Waals surface area (Å²) in [6.45, 7) is 3.08. The summed E-state index contributed by atoms with van der Waals surface area (Å²) in [6.07, 6.45) is 0. The van der Waals surface area contributed by atoms with E-state index in [1.807, 2.05) is 36.4 Å². The summed E-state index contributed by atoms with van der Waals surface area (Å²) in [5, 5.41) is 16.3. The number of rotatable bonds is 3. The zero-order valence-electron chi connectivity index (χ0n) is 16.4. The van der Waals surface area contributed by atoms with Crippen LogP contribution in [0.2, 0.25) is 0 Å². The van der Waals surface area contributed by atoms with Crippen LogP contribution in [0.15, 0.2) is 64.8 Å². The van der Waals surface area contributed by atoms with Crippen molar-refractivity contribution in [3.63, 3.8) is 0 Å². The lowest BCUT2D eigenvalue weighted by Crippen LogP contribution is -2.48.